The summed E-state index contributed by atoms with van der Waals surface area (Å²) in [7, 11) is 3.18. The third kappa shape index (κ3) is 3.86. The molecule has 0 fully saturated rings. The van der Waals surface area contributed by atoms with Crippen molar-refractivity contribution in [2.45, 2.75) is 13.3 Å². The lowest BCUT2D eigenvalue weighted by Gasteiger charge is -2.06. The van der Waals surface area contributed by atoms with Crippen LogP contribution >= 0.6 is 11.3 Å². The van der Waals surface area contributed by atoms with E-state index < -0.39 is 0 Å². The maximum atomic E-state index is 12.8. The first kappa shape index (κ1) is 19.9. The van der Waals surface area contributed by atoms with E-state index in [0.717, 1.165) is 23.3 Å². The minimum Gasteiger partial charge on any atom is -0.497 e. The van der Waals surface area contributed by atoms with Crippen molar-refractivity contribution in [2.24, 2.45) is 0 Å². The van der Waals surface area contributed by atoms with E-state index in [0.29, 0.717) is 33.4 Å². The number of rotatable bonds is 7. The summed E-state index contributed by atoms with van der Waals surface area (Å²) < 4.78 is 18.1. The Balaban J connectivity index is 1.68. The Kier molecular flexibility index (Phi) is 5.67. The van der Waals surface area contributed by atoms with Crippen molar-refractivity contribution in [1.82, 2.24) is 14.6 Å². The molecule has 0 aliphatic carbocycles. The first-order chi connectivity index (χ1) is 14.6. The number of benzene rings is 2. The Morgan fingerprint density at radius 3 is 2.50 bits per heavy atom. The lowest BCUT2D eigenvalue weighted by molar-refractivity contribution is 0.317. The molecule has 30 heavy (non-hydrogen) atoms. The van der Waals surface area contributed by atoms with Crippen LogP contribution in [0.5, 0.6) is 17.2 Å². The number of thiazole rings is 1. The highest BCUT2D eigenvalue weighted by molar-refractivity contribution is 7.15. The number of hydrogen-bond acceptors (Lipinski definition) is 7. The Hall–Kier alpha value is -3.39. The molecule has 0 saturated heterocycles. The van der Waals surface area contributed by atoms with Gasteiger partial charge in [0.1, 0.15) is 17.2 Å². The van der Waals surface area contributed by atoms with Crippen molar-refractivity contribution in [2.75, 3.05) is 20.8 Å². The van der Waals surface area contributed by atoms with Gasteiger partial charge in [-0.2, -0.15) is 9.50 Å². The van der Waals surface area contributed by atoms with E-state index in [9.17, 15) is 4.79 Å². The van der Waals surface area contributed by atoms with E-state index in [1.807, 2.05) is 36.4 Å². The average molecular weight is 423 g/mol. The summed E-state index contributed by atoms with van der Waals surface area (Å²) in [4.78, 5) is 17.9. The van der Waals surface area contributed by atoms with Crippen LogP contribution in [0.1, 0.15) is 18.9 Å². The van der Waals surface area contributed by atoms with Crippen LogP contribution in [-0.4, -0.2) is 35.4 Å². The third-order valence-corrected chi connectivity index (χ3v) is 5.45. The topological polar surface area (TPSA) is 75.0 Å². The van der Waals surface area contributed by atoms with Crippen LogP contribution in [0.15, 0.2) is 47.3 Å². The zero-order valence-corrected chi connectivity index (χ0v) is 17.7. The minimum atomic E-state index is -0.213. The van der Waals surface area contributed by atoms with Crippen molar-refractivity contribution in [3.63, 3.8) is 0 Å². The molecule has 7 nitrogen and oxygen atoms in total. The van der Waals surface area contributed by atoms with E-state index >= 15 is 0 Å². The molecule has 0 atom stereocenters. The Morgan fingerprint density at radius 2 is 1.83 bits per heavy atom. The number of nitrogens with zero attached hydrogens (tertiary/aromatic N) is 3. The maximum absolute atomic E-state index is 12.8. The highest BCUT2D eigenvalue weighted by Crippen LogP contribution is 2.25. The molecule has 0 unspecified atom stereocenters. The lowest BCUT2D eigenvalue weighted by Crippen LogP contribution is -2.23. The van der Waals surface area contributed by atoms with E-state index in [1.165, 1.54) is 15.9 Å². The molecule has 0 aliphatic rings. The van der Waals surface area contributed by atoms with Gasteiger partial charge in [0, 0.05) is 17.2 Å². The summed E-state index contributed by atoms with van der Waals surface area (Å²) >= 11 is 1.29. The second-order valence-corrected chi connectivity index (χ2v) is 7.54. The molecule has 0 bridgehead atoms. The van der Waals surface area contributed by atoms with Gasteiger partial charge in [0.15, 0.2) is 5.82 Å². The highest BCUT2D eigenvalue weighted by atomic mass is 32.1. The summed E-state index contributed by atoms with van der Waals surface area (Å²) in [6.45, 7) is 2.74. The summed E-state index contributed by atoms with van der Waals surface area (Å²) in [5.74, 6) is 2.62. The van der Waals surface area contributed by atoms with Gasteiger partial charge in [0.05, 0.1) is 25.4 Å². The first-order valence-corrected chi connectivity index (χ1v) is 10.3. The molecule has 0 spiro atoms. The van der Waals surface area contributed by atoms with Gasteiger partial charge in [-0.15, -0.1) is 5.10 Å². The second kappa shape index (κ2) is 8.54. The fourth-order valence-electron chi connectivity index (χ4n) is 2.96. The monoisotopic (exact) mass is 423 g/mol. The van der Waals surface area contributed by atoms with Gasteiger partial charge >= 0.3 is 0 Å². The Morgan fingerprint density at radius 1 is 1.07 bits per heavy atom. The van der Waals surface area contributed by atoms with Gasteiger partial charge in [0.2, 0.25) is 4.96 Å². The van der Waals surface area contributed by atoms with Gasteiger partial charge in [-0.3, -0.25) is 4.79 Å². The number of fused-ring (bicyclic) bond motifs is 1. The van der Waals surface area contributed by atoms with Crippen LogP contribution in [0.25, 0.3) is 22.4 Å². The highest BCUT2D eigenvalue weighted by Gasteiger charge is 2.13. The summed E-state index contributed by atoms with van der Waals surface area (Å²) in [6.07, 6.45) is 2.73. The molecule has 154 valence electrons. The van der Waals surface area contributed by atoms with Crippen molar-refractivity contribution >= 4 is 22.4 Å². The zero-order valence-electron chi connectivity index (χ0n) is 16.9. The molecule has 0 radical (unpaired) electrons. The summed E-state index contributed by atoms with van der Waals surface area (Å²) in [5, 5.41) is 4.40. The fourth-order valence-corrected chi connectivity index (χ4v) is 3.85. The molecule has 4 rings (SSSR count). The zero-order chi connectivity index (χ0) is 21.1. The van der Waals surface area contributed by atoms with Crippen LogP contribution in [-0.2, 0) is 0 Å². The summed E-state index contributed by atoms with van der Waals surface area (Å²) in [5.41, 5.74) is 1.40. The molecular weight excluding hydrogens is 402 g/mol. The lowest BCUT2D eigenvalue weighted by atomic mass is 10.2. The number of aromatic nitrogens is 3. The molecule has 2 aromatic heterocycles. The van der Waals surface area contributed by atoms with Crippen molar-refractivity contribution in [3.05, 3.63) is 62.9 Å². The predicted octanol–water partition coefficient (Wildman–Crippen LogP) is 3.17. The van der Waals surface area contributed by atoms with Crippen molar-refractivity contribution in [1.29, 1.82) is 0 Å². The van der Waals surface area contributed by atoms with Crippen LogP contribution in [0.3, 0.4) is 0 Å². The van der Waals surface area contributed by atoms with E-state index in [1.54, 1.807) is 26.4 Å². The van der Waals surface area contributed by atoms with Gasteiger partial charge < -0.3 is 14.2 Å². The molecule has 0 saturated carbocycles. The standard InChI is InChI=1S/C22H21N3O4S/c1-4-11-29-16-8-5-14(6-9-16)20-23-22-25(24-20)21(26)19(30-22)12-15-7-10-17(27-2)13-18(15)28-3/h5-10,12-13H,4,11H2,1-3H3/b19-12+. The number of hydrogen-bond donors (Lipinski definition) is 0. The molecule has 4 aromatic rings. The second-order valence-electron chi connectivity index (χ2n) is 6.53. The van der Waals surface area contributed by atoms with E-state index in [4.69, 9.17) is 14.2 Å². The smallest absolute Gasteiger partial charge is 0.291 e. The molecule has 0 amide bonds. The van der Waals surface area contributed by atoms with Crippen LogP contribution in [0.2, 0.25) is 0 Å². The molecule has 8 heteroatoms. The average Bonchev–Trinajstić information content (AvgIpc) is 3.32. The van der Waals surface area contributed by atoms with E-state index in [2.05, 4.69) is 17.0 Å². The van der Waals surface area contributed by atoms with Crippen molar-refractivity contribution < 1.29 is 14.2 Å². The van der Waals surface area contributed by atoms with Gasteiger partial charge in [0.25, 0.3) is 5.56 Å². The van der Waals surface area contributed by atoms with E-state index in [-0.39, 0.29) is 5.56 Å². The third-order valence-electron chi connectivity index (χ3n) is 4.49. The maximum Gasteiger partial charge on any atom is 0.291 e. The van der Waals surface area contributed by atoms with Gasteiger partial charge in [-0.1, -0.05) is 18.3 Å². The molecule has 0 N–H and O–H groups in total. The largest absolute Gasteiger partial charge is 0.497 e. The van der Waals surface area contributed by atoms with Crippen LogP contribution in [0.4, 0.5) is 0 Å². The minimum absolute atomic E-state index is 0.213. The Bertz CT molecular complexity index is 1280. The quantitative estimate of drug-likeness (QED) is 0.455. The molecule has 2 aromatic carbocycles. The normalized spacial score (nSPS) is 11.8. The van der Waals surface area contributed by atoms with Gasteiger partial charge in [-0.25, -0.2) is 0 Å². The molecule has 0 aliphatic heterocycles. The number of methoxy groups -OCH3 is 2. The molecule has 2 heterocycles. The van der Waals surface area contributed by atoms with Crippen LogP contribution < -0.4 is 24.3 Å². The van der Waals surface area contributed by atoms with Gasteiger partial charge in [-0.05, 0) is 48.9 Å². The summed E-state index contributed by atoms with van der Waals surface area (Å²) in [6, 6.07) is 13.0. The van der Waals surface area contributed by atoms with Crippen molar-refractivity contribution in [3.8, 4) is 28.6 Å². The fraction of sp³-hybridized carbons (Fsp3) is 0.227. The SMILES string of the molecule is CCCOc1ccc(-c2nc3s/c(=C/c4ccc(OC)cc4OC)c(=O)n3n2)cc1. The number of ether oxygens (including phenoxy) is 3. The molecular formula is C22H21N3O4S. The predicted molar refractivity (Wildman–Crippen MR) is 117 cm³/mol. The Labute approximate surface area is 177 Å². The first-order valence-electron chi connectivity index (χ1n) is 9.49. The van der Waals surface area contributed by atoms with Crippen LogP contribution in [0, 0.1) is 0 Å².